The van der Waals surface area contributed by atoms with Gasteiger partial charge in [0.1, 0.15) is 5.69 Å². The fraction of sp³-hybridized carbons (Fsp3) is 0.263. The van der Waals surface area contributed by atoms with Crippen LogP contribution >= 0.6 is 0 Å². The van der Waals surface area contributed by atoms with Crippen LogP contribution < -0.4 is 5.32 Å². The molecule has 1 amide bonds. The highest BCUT2D eigenvalue weighted by molar-refractivity contribution is 5.89. The van der Waals surface area contributed by atoms with Crippen molar-refractivity contribution < 1.29 is 4.79 Å². The predicted octanol–water partition coefficient (Wildman–Crippen LogP) is 3.46. The monoisotopic (exact) mass is 335 g/mol. The fourth-order valence-corrected chi connectivity index (χ4v) is 2.59. The van der Waals surface area contributed by atoms with Crippen molar-refractivity contribution >= 4 is 11.9 Å². The van der Waals surface area contributed by atoms with Crippen LogP contribution in [0.4, 0.5) is 5.95 Å². The average molecular weight is 335 g/mol. The van der Waals surface area contributed by atoms with Crippen molar-refractivity contribution in [3.8, 4) is 11.5 Å². The molecule has 0 saturated heterocycles. The van der Waals surface area contributed by atoms with E-state index in [9.17, 15) is 4.79 Å². The quantitative estimate of drug-likeness (QED) is 0.692. The number of carbonyl (C=O) groups excluding carboxylic acids is 1. The second kappa shape index (κ2) is 8.19. The lowest BCUT2D eigenvalue weighted by molar-refractivity contribution is -0.117. The molecule has 0 saturated carbocycles. The van der Waals surface area contributed by atoms with Crippen LogP contribution in [0.2, 0.25) is 0 Å². The number of rotatable bonds is 7. The van der Waals surface area contributed by atoms with Gasteiger partial charge >= 0.3 is 0 Å². The molecule has 1 atom stereocenters. The van der Waals surface area contributed by atoms with Gasteiger partial charge in [0.15, 0.2) is 5.82 Å². The Balaban J connectivity index is 1.48. The van der Waals surface area contributed by atoms with Crippen LogP contribution in [0.5, 0.6) is 0 Å². The van der Waals surface area contributed by atoms with Crippen molar-refractivity contribution in [2.24, 2.45) is 5.92 Å². The third-order valence-corrected chi connectivity index (χ3v) is 3.95. The maximum atomic E-state index is 12.2. The van der Waals surface area contributed by atoms with Crippen LogP contribution in [-0.2, 0) is 11.2 Å². The minimum atomic E-state index is -0.0767. The Morgan fingerprint density at radius 2 is 1.96 bits per heavy atom. The van der Waals surface area contributed by atoms with Crippen molar-refractivity contribution in [3.63, 3.8) is 0 Å². The van der Waals surface area contributed by atoms with E-state index in [4.69, 9.17) is 0 Å². The number of hydrogen-bond donors (Lipinski definition) is 2. The molecule has 0 aliphatic rings. The molecule has 128 valence electrons. The van der Waals surface area contributed by atoms with Crippen molar-refractivity contribution in [2.45, 2.75) is 26.2 Å². The van der Waals surface area contributed by atoms with Crippen LogP contribution in [-0.4, -0.2) is 26.1 Å². The predicted molar refractivity (Wildman–Crippen MR) is 96.8 cm³/mol. The zero-order chi connectivity index (χ0) is 17.5. The zero-order valence-electron chi connectivity index (χ0n) is 14.1. The molecule has 25 heavy (non-hydrogen) atoms. The number of amides is 1. The molecule has 2 heterocycles. The number of carbonyl (C=O) groups is 1. The standard InChI is InChI=1S/C19H21N5O/c1-14(10-11-15-7-3-2-4-8-15)13-17(25)21-19-22-18(23-24-19)16-9-5-6-12-20-16/h2-9,12,14H,10-11,13H2,1H3,(H2,21,22,23,24,25). The Morgan fingerprint density at radius 1 is 1.16 bits per heavy atom. The molecule has 6 heteroatoms. The highest BCUT2D eigenvalue weighted by Gasteiger charge is 2.13. The lowest BCUT2D eigenvalue weighted by Gasteiger charge is -2.10. The Bertz CT molecular complexity index is 801. The molecule has 0 aliphatic carbocycles. The Morgan fingerprint density at radius 3 is 2.72 bits per heavy atom. The van der Waals surface area contributed by atoms with Gasteiger partial charge in [-0.05, 0) is 36.5 Å². The minimum absolute atomic E-state index is 0.0767. The van der Waals surface area contributed by atoms with E-state index in [1.165, 1.54) is 5.56 Å². The van der Waals surface area contributed by atoms with Crippen LogP contribution in [0.3, 0.4) is 0 Å². The van der Waals surface area contributed by atoms with E-state index in [-0.39, 0.29) is 17.8 Å². The summed E-state index contributed by atoms with van der Waals surface area (Å²) < 4.78 is 0. The molecule has 3 aromatic rings. The average Bonchev–Trinajstić information content (AvgIpc) is 3.10. The van der Waals surface area contributed by atoms with Gasteiger partial charge in [-0.1, -0.05) is 43.3 Å². The summed E-state index contributed by atoms with van der Waals surface area (Å²) in [5.74, 6) is 1.02. The van der Waals surface area contributed by atoms with Crippen LogP contribution in [0, 0.1) is 5.92 Å². The minimum Gasteiger partial charge on any atom is -0.293 e. The number of nitrogens with zero attached hydrogens (tertiary/aromatic N) is 3. The van der Waals surface area contributed by atoms with Crippen molar-refractivity contribution in [1.82, 2.24) is 20.2 Å². The third-order valence-electron chi connectivity index (χ3n) is 3.95. The van der Waals surface area contributed by atoms with E-state index in [0.29, 0.717) is 17.9 Å². The number of hydrogen-bond acceptors (Lipinski definition) is 4. The molecule has 1 unspecified atom stereocenters. The lowest BCUT2D eigenvalue weighted by Crippen LogP contribution is -2.16. The first-order valence-corrected chi connectivity index (χ1v) is 8.38. The number of aromatic nitrogens is 4. The zero-order valence-corrected chi connectivity index (χ0v) is 14.1. The molecule has 0 spiro atoms. The molecule has 0 aliphatic heterocycles. The van der Waals surface area contributed by atoms with Gasteiger partial charge in [0.25, 0.3) is 0 Å². The SMILES string of the molecule is CC(CCc1ccccc1)CC(=O)Nc1n[nH]c(-c2ccccn2)n1. The molecule has 0 radical (unpaired) electrons. The maximum Gasteiger partial charge on any atom is 0.249 e. The number of pyridine rings is 1. The molecule has 3 rings (SSSR count). The van der Waals surface area contributed by atoms with Crippen molar-refractivity contribution in [2.75, 3.05) is 5.32 Å². The number of H-pyrrole nitrogens is 1. The van der Waals surface area contributed by atoms with E-state index in [2.05, 4.69) is 44.5 Å². The van der Waals surface area contributed by atoms with E-state index in [0.717, 1.165) is 12.8 Å². The smallest absolute Gasteiger partial charge is 0.249 e. The number of aromatic amines is 1. The number of aryl methyl sites for hydroxylation is 1. The Kier molecular flexibility index (Phi) is 5.51. The highest BCUT2D eigenvalue weighted by atomic mass is 16.1. The molecule has 1 aromatic carbocycles. The summed E-state index contributed by atoms with van der Waals surface area (Å²) in [7, 11) is 0. The Labute approximate surface area is 146 Å². The van der Waals surface area contributed by atoms with Gasteiger partial charge < -0.3 is 0 Å². The molecular weight excluding hydrogens is 314 g/mol. The fourth-order valence-electron chi connectivity index (χ4n) is 2.59. The molecule has 2 aromatic heterocycles. The second-order valence-electron chi connectivity index (χ2n) is 6.10. The van der Waals surface area contributed by atoms with E-state index >= 15 is 0 Å². The highest BCUT2D eigenvalue weighted by Crippen LogP contribution is 2.15. The van der Waals surface area contributed by atoms with Gasteiger partial charge in [-0.25, -0.2) is 0 Å². The molecule has 6 nitrogen and oxygen atoms in total. The normalized spacial score (nSPS) is 11.9. The van der Waals surface area contributed by atoms with E-state index in [1.54, 1.807) is 6.20 Å². The number of anilines is 1. The van der Waals surface area contributed by atoms with Gasteiger partial charge in [0, 0.05) is 12.6 Å². The molecule has 2 N–H and O–H groups in total. The van der Waals surface area contributed by atoms with Crippen molar-refractivity contribution in [1.29, 1.82) is 0 Å². The summed E-state index contributed by atoms with van der Waals surface area (Å²) in [4.78, 5) is 20.6. The second-order valence-corrected chi connectivity index (χ2v) is 6.10. The summed E-state index contributed by atoms with van der Waals surface area (Å²) >= 11 is 0. The van der Waals surface area contributed by atoms with E-state index in [1.807, 2.05) is 36.4 Å². The van der Waals surface area contributed by atoms with E-state index < -0.39 is 0 Å². The molecule has 0 bridgehead atoms. The summed E-state index contributed by atoms with van der Waals surface area (Å²) in [5, 5.41) is 9.56. The topological polar surface area (TPSA) is 83.6 Å². The lowest BCUT2D eigenvalue weighted by atomic mass is 9.98. The number of nitrogens with one attached hydrogen (secondary N) is 2. The molecular formula is C19H21N5O. The first-order chi connectivity index (χ1) is 12.2. The van der Waals surface area contributed by atoms with Crippen LogP contribution in [0.25, 0.3) is 11.5 Å². The largest absolute Gasteiger partial charge is 0.293 e. The Hall–Kier alpha value is -3.02. The third kappa shape index (κ3) is 4.97. The van der Waals surface area contributed by atoms with Gasteiger partial charge in [0.2, 0.25) is 11.9 Å². The van der Waals surface area contributed by atoms with Crippen LogP contribution in [0.15, 0.2) is 54.7 Å². The summed E-state index contributed by atoms with van der Waals surface area (Å²) in [5.41, 5.74) is 1.98. The maximum absolute atomic E-state index is 12.2. The van der Waals surface area contributed by atoms with Crippen LogP contribution in [0.1, 0.15) is 25.3 Å². The summed E-state index contributed by atoms with van der Waals surface area (Å²) in [6, 6.07) is 15.8. The van der Waals surface area contributed by atoms with Gasteiger partial charge in [-0.15, -0.1) is 5.10 Å². The summed E-state index contributed by atoms with van der Waals surface area (Å²) in [6.07, 6.45) is 4.06. The van der Waals surface area contributed by atoms with Gasteiger partial charge in [-0.2, -0.15) is 4.98 Å². The first kappa shape index (κ1) is 16.8. The number of benzene rings is 1. The van der Waals surface area contributed by atoms with Gasteiger partial charge in [0.05, 0.1) is 0 Å². The molecule has 0 fully saturated rings. The van der Waals surface area contributed by atoms with Gasteiger partial charge in [-0.3, -0.25) is 20.2 Å². The first-order valence-electron chi connectivity index (χ1n) is 8.38. The summed E-state index contributed by atoms with van der Waals surface area (Å²) in [6.45, 7) is 2.08. The van der Waals surface area contributed by atoms with Crippen molar-refractivity contribution in [3.05, 3.63) is 60.3 Å².